The number of carbonyl (C=O) groups excluding carboxylic acids is 1. The second-order valence-electron chi connectivity index (χ2n) is 5.71. The van der Waals surface area contributed by atoms with Crippen molar-refractivity contribution < 1.29 is 19.0 Å². The molecule has 0 aliphatic rings. The average Bonchev–Trinajstić information content (AvgIpc) is 2.61. The van der Waals surface area contributed by atoms with Crippen LogP contribution in [-0.2, 0) is 11.2 Å². The second-order valence-corrected chi connectivity index (χ2v) is 5.71. The van der Waals surface area contributed by atoms with E-state index in [0.717, 1.165) is 12.8 Å². The number of rotatable bonds is 7. The van der Waals surface area contributed by atoms with Crippen molar-refractivity contribution in [3.63, 3.8) is 0 Å². The molecule has 1 atom stereocenters. The molecule has 25 heavy (non-hydrogen) atoms. The molecule has 7 heteroatoms. The molecular weight excluding hydrogens is 322 g/mol. The number of anilines is 1. The first-order valence-corrected chi connectivity index (χ1v) is 8.09. The van der Waals surface area contributed by atoms with Crippen LogP contribution in [-0.4, -0.2) is 17.9 Å². The first-order valence-electron chi connectivity index (χ1n) is 8.09. The first kappa shape index (κ1) is 18.4. The first-order chi connectivity index (χ1) is 12.0. The van der Waals surface area contributed by atoms with Gasteiger partial charge < -0.3 is 10.1 Å². The minimum absolute atomic E-state index is 0.111. The number of pyridine rings is 1. The maximum atomic E-state index is 12.5. The Labute approximate surface area is 146 Å². The topological polar surface area (TPSA) is 85.3 Å². The molecule has 1 aromatic carbocycles. The number of hydrogen-bond acceptors (Lipinski definition) is 4. The van der Waals surface area contributed by atoms with Crippen LogP contribution in [0.1, 0.15) is 31.9 Å². The van der Waals surface area contributed by atoms with Gasteiger partial charge >= 0.3 is 0 Å². The zero-order chi connectivity index (χ0) is 18.4. The second kappa shape index (κ2) is 8.23. The van der Waals surface area contributed by atoms with E-state index in [-0.39, 0.29) is 17.3 Å². The lowest BCUT2D eigenvalue weighted by Gasteiger charge is -2.12. The number of hydrogen-bond donors (Lipinski definition) is 1. The number of benzene rings is 1. The van der Waals surface area contributed by atoms with E-state index in [4.69, 9.17) is 4.74 Å². The van der Waals surface area contributed by atoms with Gasteiger partial charge in [0.05, 0.1) is 17.7 Å². The Balaban J connectivity index is 2.17. The Hall–Kier alpha value is -2.96. The van der Waals surface area contributed by atoms with E-state index in [1.165, 1.54) is 30.9 Å². The summed E-state index contributed by atoms with van der Waals surface area (Å²) < 4.78 is 6.95. The molecule has 0 fully saturated rings. The minimum atomic E-state index is -0.514. The van der Waals surface area contributed by atoms with E-state index in [1.54, 1.807) is 11.5 Å². The van der Waals surface area contributed by atoms with Crippen molar-refractivity contribution in [3.8, 4) is 5.75 Å². The fourth-order valence-corrected chi connectivity index (χ4v) is 2.46. The van der Waals surface area contributed by atoms with E-state index in [0.29, 0.717) is 5.75 Å². The third-order valence-corrected chi connectivity index (χ3v) is 3.94. The molecule has 132 valence electrons. The van der Waals surface area contributed by atoms with Gasteiger partial charge in [0.2, 0.25) is 6.04 Å². The van der Waals surface area contributed by atoms with Gasteiger partial charge in [0.1, 0.15) is 5.75 Å². The highest BCUT2D eigenvalue weighted by atomic mass is 16.6. The molecule has 0 aliphatic carbocycles. The molecule has 2 aromatic rings. The minimum Gasteiger partial charge on any atom is -0.495 e. The highest BCUT2D eigenvalue weighted by Crippen LogP contribution is 2.29. The van der Waals surface area contributed by atoms with Crippen LogP contribution in [0.15, 0.2) is 42.7 Å². The average molecular weight is 344 g/mol. The summed E-state index contributed by atoms with van der Waals surface area (Å²) in [5.74, 6) is 0.0847. The zero-order valence-corrected chi connectivity index (χ0v) is 14.6. The number of nitrogens with zero attached hydrogens (tertiary/aromatic N) is 2. The molecule has 0 saturated heterocycles. The number of nitro benzene ring substituents is 1. The predicted molar refractivity (Wildman–Crippen MR) is 93.6 cm³/mol. The van der Waals surface area contributed by atoms with Crippen molar-refractivity contribution in [1.29, 1.82) is 0 Å². The van der Waals surface area contributed by atoms with Gasteiger partial charge in [-0.25, -0.2) is 0 Å². The highest BCUT2D eigenvalue weighted by molar-refractivity contribution is 5.94. The lowest BCUT2D eigenvalue weighted by atomic mass is 10.1. The fraction of sp³-hybridized carbons (Fsp3) is 0.333. The molecule has 1 amide bonds. The number of non-ortho nitro benzene ring substituents is 1. The van der Waals surface area contributed by atoms with E-state index < -0.39 is 11.0 Å². The lowest BCUT2D eigenvalue weighted by Crippen LogP contribution is -2.44. The van der Waals surface area contributed by atoms with Crippen LogP contribution in [0.4, 0.5) is 11.4 Å². The van der Waals surface area contributed by atoms with Crippen LogP contribution in [0, 0.1) is 10.1 Å². The molecule has 7 nitrogen and oxygen atoms in total. The number of aryl methyl sites for hydroxylation is 1. The van der Waals surface area contributed by atoms with Crippen LogP contribution in [0.2, 0.25) is 0 Å². The third kappa shape index (κ3) is 4.53. The number of methoxy groups -OCH3 is 1. The van der Waals surface area contributed by atoms with Gasteiger partial charge in [0.25, 0.3) is 11.6 Å². The smallest absolute Gasteiger partial charge is 0.293 e. The number of amides is 1. The van der Waals surface area contributed by atoms with Crippen molar-refractivity contribution in [3.05, 3.63) is 58.4 Å². The number of aromatic nitrogens is 1. The molecule has 1 heterocycles. The Bertz CT molecular complexity index is 759. The largest absolute Gasteiger partial charge is 0.495 e. The Morgan fingerprint density at radius 1 is 1.32 bits per heavy atom. The summed E-state index contributed by atoms with van der Waals surface area (Å²) in [5, 5.41) is 13.6. The summed E-state index contributed by atoms with van der Waals surface area (Å²) >= 11 is 0. The van der Waals surface area contributed by atoms with Gasteiger partial charge in [-0.1, -0.05) is 13.3 Å². The van der Waals surface area contributed by atoms with Gasteiger partial charge in [-0.15, -0.1) is 0 Å². The monoisotopic (exact) mass is 344 g/mol. The quantitative estimate of drug-likeness (QED) is 0.475. The van der Waals surface area contributed by atoms with Crippen molar-refractivity contribution in [2.45, 2.75) is 32.7 Å². The zero-order valence-electron chi connectivity index (χ0n) is 14.6. The Morgan fingerprint density at radius 2 is 2.00 bits per heavy atom. The van der Waals surface area contributed by atoms with Crippen LogP contribution in [0.25, 0.3) is 0 Å². The molecule has 0 bridgehead atoms. The van der Waals surface area contributed by atoms with Gasteiger partial charge in [-0.3, -0.25) is 14.9 Å². The lowest BCUT2D eigenvalue weighted by molar-refractivity contribution is -0.705. The van der Waals surface area contributed by atoms with Crippen molar-refractivity contribution >= 4 is 17.3 Å². The van der Waals surface area contributed by atoms with Gasteiger partial charge in [0, 0.05) is 31.2 Å². The molecule has 0 aliphatic heterocycles. The van der Waals surface area contributed by atoms with E-state index >= 15 is 0 Å². The summed E-state index contributed by atoms with van der Waals surface area (Å²) in [4.78, 5) is 22.9. The van der Waals surface area contributed by atoms with E-state index in [9.17, 15) is 14.9 Å². The molecule has 2 rings (SSSR count). The molecular formula is C18H22N3O4+. The maximum Gasteiger partial charge on any atom is 0.293 e. The molecule has 0 unspecified atom stereocenters. The normalized spacial score (nSPS) is 11.6. The van der Waals surface area contributed by atoms with Gasteiger partial charge in [-0.05, 0) is 18.1 Å². The van der Waals surface area contributed by atoms with Crippen LogP contribution in [0.3, 0.4) is 0 Å². The third-order valence-electron chi connectivity index (χ3n) is 3.94. The van der Waals surface area contributed by atoms with Crippen LogP contribution >= 0.6 is 0 Å². The van der Waals surface area contributed by atoms with E-state index in [2.05, 4.69) is 12.2 Å². The standard InChI is InChI=1S/C18H21N3O4/c1-4-5-14-8-10-20(11-9-14)13(2)18(22)19-16-12-15(21(23)24)6-7-17(16)25-3/h6-13H,4-5H2,1-3H3/p+1/t13-/m0/s1. The van der Waals surface area contributed by atoms with Crippen LogP contribution in [0.5, 0.6) is 5.75 Å². The summed E-state index contributed by atoms with van der Waals surface area (Å²) in [6.45, 7) is 3.88. The number of nitro groups is 1. The van der Waals surface area contributed by atoms with Crippen molar-refractivity contribution in [1.82, 2.24) is 0 Å². The summed E-state index contributed by atoms with van der Waals surface area (Å²) in [6, 6.07) is 7.59. The maximum absolute atomic E-state index is 12.5. The molecule has 0 radical (unpaired) electrons. The molecule has 1 aromatic heterocycles. The van der Waals surface area contributed by atoms with Gasteiger partial charge in [0.15, 0.2) is 12.4 Å². The Kier molecular flexibility index (Phi) is 6.05. The number of carbonyl (C=O) groups is 1. The number of ether oxygens (including phenoxy) is 1. The van der Waals surface area contributed by atoms with Crippen molar-refractivity contribution in [2.24, 2.45) is 0 Å². The summed E-state index contributed by atoms with van der Waals surface area (Å²) in [5.41, 5.74) is 1.38. The Morgan fingerprint density at radius 3 is 2.56 bits per heavy atom. The molecule has 1 N–H and O–H groups in total. The van der Waals surface area contributed by atoms with Crippen LogP contribution < -0.4 is 14.6 Å². The van der Waals surface area contributed by atoms with E-state index in [1.807, 2.05) is 24.5 Å². The SMILES string of the molecule is CCCc1cc[n+]([C@@H](C)C(=O)Nc2cc([N+](=O)[O-])ccc2OC)cc1. The highest BCUT2D eigenvalue weighted by Gasteiger charge is 2.23. The fourth-order valence-electron chi connectivity index (χ4n) is 2.46. The van der Waals surface area contributed by atoms with Crippen molar-refractivity contribution in [2.75, 3.05) is 12.4 Å². The molecule has 0 spiro atoms. The predicted octanol–water partition coefficient (Wildman–Crippen LogP) is 3.04. The molecule has 0 saturated carbocycles. The number of nitrogens with one attached hydrogen (secondary N) is 1. The summed E-state index contributed by atoms with van der Waals surface area (Å²) in [6.07, 6.45) is 5.78. The van der Waals surface area contributed by atoms with Gasteiger partial charge in [-0.2, -0.15) is 4.57 Å². The summed E-state index contributed by atoms with van der Waals surface area (Å²) in [7, 11) is 1.45.